The number of phenolic OH excluding ortho intramolecular Hbond substituents is 1. The summed E-state index contributed by atoms with van der Waals surface area (Å²) in [5, 5.41) is 14.1. The van der Waals surface area contributed by atoms with Crippen molar-refractivity contribution in [1.82, 2.24) is 5.32 Å². The van der Waals surface area contributed by atoms with Crippen molar-refractivity contribution in [3.8, 4) is 5.75 Å². The van der Waals surface area contributed by atoms with Gasteiger partial charge in [-0.2, -0.15) is 0 Å². The minimum atomic E-state index is 0.316. The number of nitrogens with one attached hydrogen (secondary N) is 1. The number of benzene rings is 1. The van der Waals surface area contributed by atoms with Crippen LogP contribution in [0.25, 0.3) is 0 Å². The topological polar surface area (TPSA) is 32.3 Å². The van der Waals surface area contributed by atoms with Crippen molar-refractivity contribution in [2.24, 2.45) is 10.8 Å². The molecule has 0 saturated heterocycles. The Kier molecular flexibility index (Phi) is 4.36. The predicted octanol–water partition coefficient (Wildman–Crippen LogP) is 4.74. The first-order chi connectivity index (χ1) is 9.17. The maximum Gasteiger partial charge on any atom is 0.120 e. The number of hydrogen-bond acceptors (Lipinski definition) is 2. The van der Waals surface area contributed by atoms with Crippen LogP contribution in [0.3, 0.4) is 0 Å². The van der Waals surface area contributed by atoms with Crippen molar-refractivity contribution < 1.29 is 5.11 Å². The zero-order valence-electron chi connectivity index (χ0n) is 13.0. The van der Waals surface area contributed by atoms with E-state index in [0.717, 1.165) is 5.56 Å². The lowest BCUT2D eigenvalue weighted by molar-refractivity contribution is 0.0844. The molecule has 0 unspecified atom stereocenters. The molecule has 112 valence electrons. The molecule has 1 saturated carbocycles. The highest BCUT2D eigenvalue weighted by Crippen LogP contribution is 2.45. The predicted molar refractivity (Wildman–Crippen MR) is 85.2 cm³/mol. The summed E-state index contributed by atoms with van der Waals surface area (Å²) in [6, 6.07) is 5.71. The number of rotatable bonds is 3. The third-order valence-electron chi connectivity index (χ3n) is 4.18. The summed E-state index contributed by atoms with van der Waals surface area (Å²) in [5.41, 5.74) is 1.62. The number of phenols is 1. The lowest BCUT2D eigenvalue weighted by atomic mass is 9.63. The molecule has 1 aliphatic carbocycles. The van der Waals surface area contributed by atoms with Crippen LogP contribution in [0.15, 0.2) is 18.2 Å². The quantitative estimate of drug-likeness (QED) is 0.844. The molecule has 1 fully saturated rings. The molecule has 2 rings (SSSR count). The number of halogens is 1. The number of hydrogen-bond donors (Lipinski definition) is 2. The Morgan fingerprint density at radius 3 is 2.40 bits per heavy atom. The highest BCUT2D eigenvalue weighted by Gasteiger charge is 2.38. The zero-order valence-corrected chi connectivity index (χ0v) is 13.7. The van der Waals surface area contributed by atoms with Crippen LogP contribution in [0.1, 0.15) is 52.5 Å². The third-order valence-corrected chi connectivity index (χ3v) is 4.41. The van der Waals surface area contributed by atoms with E-state index in [2.05, 4.69) is 33.0 Å². The first kappa shape index (κ1) is 15.7. The van der Waals surface area contributed by atoms with Crippen LogP contribution in [0, 0.1) is 10.8 Å². The van der Waals surface area contributed by atoms with Gasteiger partial charge in [0.25, 0.3) is 0 Å². The van der Waals surface area contributed by atoms with Gasteiger partial charge in [-0.25, -0.2) is 0 Å². The SMILES string of the molecule is CC1(C)CC(NCc2cc(Cl)ccc2O)CC(C)(C)C1. The average Bonchev–Trinajstić information content (AvgIpc) is 2.26. The van der Waals surface area contributed by atoms with Gasteiger partial charge >= 0.3 is 0 Å². The highest BCUT2D eigenvalue weighted by molar-refractivity contribution is 6.30. The van der Waals surface area contributed by atoms with E-state index < -0.39 is 0 Å². The van der Waals surface area contributed by atoms with Crippen molar-refractivity contribution in [1.29, 1.82) is 0 Å². The lowest BCUT2D eigenvalue weighted by Gasteiger charge is -2.45. The van der Waals surface area contributed by atoms with E-state index in [0.29, 0.717) is 34.2 Å². The molecule has 2 N–H and O–H groups in total. The first-order valence-corrected chi connectivity index (χ1v) is 7.76. The lowest BCUT2D eigenvalue weighted by Crippen LogP contribution is -2.43. The average molecular weight is 296 g/mol. The molecular weight excluding hydrogens is 270 g/mol. The van der Waals surface area contributed by atoms with E-state index in [9.17, 15) is 5.11 Å². The van der Waals surface area contributed by atoms with Crippen LogP contribution in [0.5, 0.6) is 5.75 Å². The van der Waals surface area contributed by atoms with Crippen molar-refractivity contribution >= 4 is 11.6 Å². The van der Waals surface area contributed by atoms with E-state index in [1.807, 2.05) is 6.07 Å². The summed E-state index contributed by atoms with van der Waals surface area (Å²) in [4.78, 5) is 0. The molecule has 0 heterocycles. The second-order valence-electron chi connectivity index (χ2n) is 7.76. The summed E-state index contributed by atoms with van der Waals surface area (Å²) in [7, 11) is 0. The van der Waals surface area contributed by atoms with Gasteiger partial charge in [-0.15, -0.1) is 0 Å². The van der Waals surface area contributed by atoms with Gasteiger partial charge in [0.2, 0.25) is 0 Å². The zero-order chi connectivity index (χ0) is 15.0. The summed E-state index contributed by atoms with van der Waals surface area (Å²) in [6.45, 7) is 10.1. The smallest absolute Gasteiger partial charge is 0.120 e. The molecule has 1 aromatic carbocycles. The third kappa shape index (κ3) is 4.13. The molecule has 0 aliphatic heterocycles. The Morgan fingerprint density at radius 1 is 1.20 bits per heavy atom. The summed E-state index contributed by atoms with van der Waals surface area (Å²) >= 11 is 5.99. The normalized spacial score (nSPS) is 21.9. The molecule has 0 spiro atoms. The van der Waals surface area contributed by atoms with Gasteiger partial charge in [-0.3, -0.25) is 0 Å². The Morgan fingerprint density at radius 2 is 1.80 bits per heavy atom. The Hall–Kier alpha value is -0.730. The van der Waals surface area contributed by atoms with E-state index in [4.69, 9.17) is 11.6 Å². The molecule has 0 atom stereocenters. The maximum atomic E-state index is 9.87. The van der Waals surface area contributed by atoms with Gasteiger partial charge < -0.3 is 10.4 Å². The molecule has 20 heavy (non-hydrogen) atoms. The Bertz CT molecular complexity index is 466. The Labute approximate surface area is 127 Å². The molecule has 1 aliphatic rings. The fourth-order valence-corrected chi connectivity index (χ4v) is 4.14. The van der Waals surface area contributed by atoms with E-state index >= 15 is 0 Å². The second kappa shape index (κ2) is 5.57. The first-order valence-electron chi connectivity index (χ1n) is 7.38. The second-order valence-corrected chi connectivity index (χ2v) is 8.20. The molecule has 3 heteroatoms. The van der Waals surface area contributed by atoms with Crippen LogP contribution < -0.4 is 5.32 Å². The molecule has 2 nitrogen and oxygen atoms in total. The van der Waals surface area contributed by atoms with Crippen LogP contribution in [0.2, 0.25) is 5.02 Å². The molecule has 0 amide bonds. The van der Waals surface area contributed by atoms with Gasteiger partial charge in [0.05, 0.1) is 0 Å². The van der Waals surface area contributed by atoms with Crippen molar-refractivity contribution in [3.63, 3.8) is 0 Å². The van der Waals surface area contributed by atoms with E-state index in [1.54, 1.807) is 12.1 Å². The Balaban J connectivity index is 2.01. The van der Waals surface area contributed by atoms with Gasteiger partial charge in [-0.05, 0) is 48.3 Å². The summed E-state index contributed by atoms with van der Waals surface area (Å²) in [5.74, 6) is 0.316. The van der Waals surface area contributed by atoms with Crippen LogP contribution in [-0.4, -0.2) is 11.1 Å². The number of aromatic hydroxyl groups is 1. The maximum absolute atomic E-state index is 9.87. The minimum absolute atomic E-state index is 0.316. The molecule has 0 radical (unpaired) electrons. The van der Waals surface area contributed by atoms with E-state index in [1.165, 1.54) is 19.3 Å². The van der Waals surface area contributed by atoms with Crippen LogP contribution in [0.4, 0.5) is 0 Å². The van der Waals surface area contributed by atoms with Crippen LogP contribution >= 0.6 is 11.6 Å². The van der Waals surface area contributed by atoms with Gasteiger partial charge in [-0.1, -0.05) is 39.3 Å². The molecule has 1 aromatic rings. The largest absolute Gasteiger partial charge is 0.508 e. The fraction of sp³-hybridized carbons (Fsp3) is 0.647. The minimum Gasteiger partial charge on any atom is -0.508 e. The van der Waals surface area contributed by atoms with Crippen LogP contribution in [-0.2, 0) is 6.54 Å². The molecule has 0 bridgehead atoms. The fourth-order valence-electron chi connectivity index (χ4n) is 3.94. The van der Waals surface area contributed by atoms with Gasteiger partial charge in [0, 0.05) is 23.2 Å². The van der Waals surface area contributed by atoms with Crippen molar-refractivity contribution in [2.45, 2.75) is 59.5 Å². The van der Waals surface area contributed by atoms with Crippen molar-refractivity contribution in [3.05, 3.63) is 28.8 Å². The summed E-state index contributed by atoms with van der Waals surface area (Å²) in [6.07, 6.45) is 3.62. The van der Waals surface area contributed by atoms with E-state index in [-0.39, 0.29) is 0 Å². The standard InChI is InChI=1S/C17H26ClNO/c1-16(2)8-14(9-17(3,4)11-16)19-10-12-7-13(18)5-6-15(12)20/h5-7,14,19-20H,8-11H2,1-4H3. The molecular formula is C17H26ClNO. The van der Waals surface area contributed by atoms with Crippen molar-refractivity contribution in [2.75, 3.05) is 0 Å². The highest BCUT2D eigenvalue weighted by atomic mass is 35.5. The molecule has 0 aromatic heterocycles. The van der Waals surface area contributed by atoms with Gasteiger partial charge in [0.1, 0.15) is 5.75 Å². The van der Waals surface area contributed by atoms with Gasteiger partial charge in [0.15, 0.2) is 0 Å². The monoisotopic (exact) mass is 295 g/mol. The summed E-state index contributed by atoms with van der Waals surface area (Å²) < 4.78 is 0.